The first-order chi connectivity index (χ1) is 24.4. The fourth-order valence-corrected chi connectivity index (χ4v) is 6.20. The van der Waals surface area contributed by atoms with E-state index >= 15 is 0 Å². The maximum atomic E-state index is 13.3. The number of carbonyl (C=O) groups is 4. The number of nitrogen functional groups attached to an aromatic ring is 2. The zero-order valence-electron chi connectivity index (χ0n) is 29.9. The Morgan fingerprint density at radius 3 is 1.94 bits per heavy atom. The number of ether oxygens (including phenoxy) is 1. The molecule has 0 spiro atoms. The van der Waals surface area contributed by atoms with E-state index in [0.717, 1.165) is 55.0 Å². The maximum absolute atomic E-state index is 13.3. The zero-order valence-corrected chi connectivity index (χ0v) is 29.9. The van der Waals surface area contributed by atoms with Gasteiger partial charge in [-0.25, -0.2) is 14.8 Å². The number of pyridine rings is 2. The maximum Gasteiger partial charge on any atom is 0.394 e. The Morgan fingerprint density at radius 1 is 0.863 bits per heavy atom. The van der Waals surface area contributed by atoms with Gasteiger partial charge >= 0.3 is 23.7 Å². The molecule has 51 heavy (non-hydrogen) atoms. The number of nitrogens with two attached hydrogens (primary N) is 2. The summed E-state index contributed by atoms with van der Waals surface area (Å²) < 4.78 is 6.07. The molecule has 3 amide bonds. The first-order valence-corrected chi connectivity index (χ1v) is 17.4. The minimum Gasteiger partial charge on any atom is -0.493 e. The molecule has 5 rings (SSSR count). The average molecular weight is 703 g/mol. The molecule has 0 unspecified atom stereocenters. The quantitative estimate of drug-likeness (QED) is 0.211. The van der Waals surface area contributed by atoms with Crippen LogP contribution in [0.3, 0.4) is 0 Å². The number of likely N-dealkylation sites (tertiary alicyclic amines) is 2. The molecule has 3 aromatic rings. The van der Waals surface area contributed by atoms with Crippen molar-refractivity contribution < 1.29 is 29.0 Å². The molecule has 0 saturated carbocycles. The summed E-state index contributed by atoms with van der Waals surface area (Å²) in [4.78, 5) is 59.3. The number of aromatic nitrogens is 2. The topological polar surface area (TPSA) is 206 Å². The number of rotatable bonds is 8. The van der Waals surface area contributed by atoms with E-state index < -0.39 is 23.7 Å². The van der Waals surface area contributed by atoms with E-state index in [0.29, 0.717) is 54.2 Å². The van der Waals surface area contributed by atoms with Crippen LogP contribution in [-0.4, -0.2) is 81.9 Å². The molecule has 2 fully saturated rings. The molecule has 2 atom stereocenters. The minimum atomic E-state index is -1.54. The average Bonchev–Trinajstić information content (AvgIpc) is 3.13. The number of aliphatic carboxylic acids is 1. The van der Waals surface area contributed by atoms with Crippen LogP contribution >= 0.6 is 0 Å². The summed E-state index contributed by atoms with van der Waals surface area (Å²) in [7, 11) is 2.16. The van der Waals surface area contributed by atoms with Gasteiger partial charge in [-0.15, -0.1) is 0 Å². The minimum absolute atomic E-state index is 0.141. The summed E-state index contributed by atoms with van der Waals surface area (Å²) in [6, 6.07) is 11.3. The van der Waals surface area contributed by atoms with Gasteiger partial charge in [-0.3, -0.25) is 14.4 Å². The van der Waals surface area contributed by atoms with E-state index in [2.05, 4.69) is 39.5 Å². The molecule has 1 aromatic carbocycles. The van der Waals surface area contributed by atoms with E-state index in [1.54, 1.807) is 17.0 Å². The molecule has 2 aliphatic heterocycles. The third-order valence-corrected chi connectivity index (χ3v) is 9.34. The number of piperidine rings is 2. The van der Waals surface area contributed by atoms with Crippen molar-refractivity contribution in [2.24, 2.45) is 11.8 Å². The molecule has 2 saturated heterocycles. The number of anilines is 4. The fraction of sp³-hybridized carbons (Fsp3) is 0.459. The monoisotopic (exact) mass is 702 g/mol. The van der Waals surface area contributed by atoms with Crippen molar-refractivity contribution >= 4 is 46.7 Å². The van der Waals surface area contributed by atoms with Crippen LogP contribution < -0.4 is 26.8 Å². The van der Waals surface area contributed by atoms with Crippen molar-refractivity contribution in [2.75, 3.05) is 55.4 Å². The molecule has 14 nitrogen and oxygen atoms in total. The van der Waals surface area contributed by atoms with Crippen molar-refractivity contribution in [3.63, 3.8) is 0 Å². The molecule has 274 valence electrons. The van der Waals surface area contributed by atoms with E-state index in [4.69, 9.17) is 21.3 Å². The number of carboxylic acids is 1. The number of nitrogens with one attached hydrogen (secondary N) is 2. The van der Waals surface area contributed by atoms with Crippen molar-refractivity contribution in [3.8, 4) is 5.75 Å². The van der Waals surface area contributed by atoms with Gasteiger partial charge in [-0.05, 0) is 111 Å². The number of benzene rings is 1. The van der Waals surface area contributed by atoms with Gasteiger partial charge in [0.05, 0.1) is 36.4 Å². The lowest BCUT2D eigenvalue weighted by Crippen LogP contribution is -2.46. The number of hydrogen-bond donors (Lipinski definition) is 5. The molecular weight excluding hydrogens is 652 g/mol. The third-order valence-electron chi connectivity index (χ3n) is 9.34. The van der Waals surface area contributed by atoms with Crippen LogP contribution in [0.2, 0.25) is 0 Å². The Morgan fingerprint density at radius 2 is 1.41 bits per heavy atom. The molecule has 2 aromatic heterocycles. The summed E-state index contributed by atoms with van der Waals surface area (Å²) in [5, 5.41) is 13.3. The van der Waals surface area contributed by atoms with Gasteiger partial charge in [0.1, 0.15) is 17.4 Å². The van der Waals surface area contributed by atoms with Crippen molar-refractivity contribution in [3.05, 3.63) is 65.5 Å². The van der Waals surface area contributed by atoms with Crippen LogP contribution in [0.1, 0.15) is 69.2 Å². The summed E-state index contributed by atoms with van der Waals surface area (Å²) in [6.45, 7) is 9.50. The zero-order chi connectivity index (χ0) is 37.1. The van der Waals surface area contributed by atoms with Crippen LogP contribution in [0.25, 0.3) is 0 Å². The third kappa shape index (κ3) is 10.9. The lowest BCUT2D eigenvalue weighted by Gasteiger charge is -2.38. The van der Waals surface area contributed by atoms with Gasteiger partial charge in [-0.2, -0.15) is 0 Å². The Bertz CT molecular complexity index is 1680. The number of amides is 3. The largest absolute Gasteiger partial charge is 0.493 e. The summed E-state index contributed by atoms with van der Waals surface area (Å²) in [5.41, 5.74) is 14.8. The molecule has 14 heteroatoms. The van der Waals surface area contributed by atoms with Crippen LogP contribution in [0.15, 0.2) is 48.8 Å². The van der Waals surface area contributed by atoms with Gasteiger partial charge in [0.25, 0.3) is 0 Å². The van der Waals surface area contributed by atoms with Gasteiger partial charge in [0, 0.05) is 6.54 Å². The molecule has 2 aliphatic rings. The molecule has 7 N–H and O–H groups in total. The normalized spacial score (nSPS) is 17.8. The second-order valence-electron chi connectivity index (χ2n) is 13.2. The van der Waals surface area contributed by atoms with Gasteiger partial charge in [0.15, 0.2) is 0 Å². The highest BCUT2D eigenvalue weighted by Crippen LogP contribution is 2.34. The van der Waals surface area contributed by atoms with Crippen LogP contribution in [0.5, 0.6) is 5.75 Å². The van der Waals surface area contributed by atoms with Crippen LogP contribution in [-0.2, 0) is 32.0 Å². The Balaban J connectivity index is 0.000000326. The Labute approximate surface area is 298 Å². The number of aryl methyl sites for hydroxylation is 2. The second-order valence-corrected chi connectivity index (χ2v) is 13.2. The molecule has 0 aliphatic carbocycles. The lowest BCUT2D eigenvalue weighted by molar-refractivity contribution is -0.147. The van der Waals surface area contributed by atoms with E-state index in [1.165, 1.54) is 25.2 Å². The van der Waals surface area contributed by atoms with Gasteiger partial charge in [-0.1, -0.05) is 32.9 Å². The van der Waals surface area contributed by atoms with Crippen molar-refractivity contribution in [1.82, 2.24) is 19.8 Å². The Kier molecular flexibility index (Phi) is 13.7. The highest BCUT2D eigenvalue weighted by molar-refractivity contribution is 6.39. The van der Waals surface area contributed by atoms with Crippen LogP contribution in [0.4, 0.5) is 23.0 Å². The standard InChI is InChI=1S/C28H39N5O3.C9H11N3O3/c1-4-21-15-23(16-30-26(21)29)31-27(34)28(35)33-17-19(2)5-10-25(33)22-6-8-24(9-7-22)36-18-20-11-13-32(3)14-12-20;1-2-5-3-6(4-11-7(5)10)12-8(13)9(14)15/h6-9,15-16,19-20,25H,4-5,10-14,17-18H2,1-3H3,(H2,29,30)(H,31,34);3-4H,2H2,1H3,(H2,10,11)(H,12,13)(H,14,15)/t19-,25+;/m0./s1. The van der Waals surface area contributed by atoms with Crippen molar-refractivity contribution in [2.45, 2.75) is 65.3 Å². The van der Waals surface area contributed by atoms with E-state index in [-0.39, 0.29) is 6.04 Å². The predicted octanol–water partition coefficient (Wildman–Crippen LogP) is 4.13. The number of nitrogens with zero attached hydrogens (tertiary/aromatic N) is 4. The molecule has 4 heterocycles. The highest BCUT2D eigenvalue weighted by Gasteiger charge is 2.34. The number of carbonyl (C=O) groups excluding carboxylic acids is 3. The first kappa shape index (κ1) is 38.6. The number of carboxylic acid groups (broad SMARTS) is 1. The summed E-state index contributed by atoms with van der Waals surface area (Å²) >= 11 is 0. The molecular formula is C37H50N8O6. The molecule has 0 bridgehead atoms. The van der Waals surface area contributed by atoms with Gasteiger partial charge in [0.2, 0.25) is 0 Å². The SMILES string of the molecule is CCc1cc(NC(=O)C(=O)N2C[C@@H](C)CC[C@@H]2c2ccc(OCC3CCN(C)CC3)cc2)cnc1N.CCc1cc(NC(=O)C(=O)O)cnc1N. The first-order valence-electron chi connectivity index (χ1n) is 17.4. The molecule has 0 radical (unpaired) electrons. The highest BCUT2D eigenvalue weighted by atomic mass is 16.5. The van der Waals surface area contributed by atoms with Crippen molar-refractivity contribution in [1.29, 1.82) is 0 Å². The number of hydrogen-bond acceptors (Lipinski definition) is 10. The van der Waals surface area contributed by atoms with E-state index in [1.807, 2.05) is 38.1 Å². The van der Waals surface area contributed by atoms with Gasteiger partial charge < -0.3 is 41.7 Å². The predicted molar refractivity (Wildman–Crippen MR) is 196 cm³/mol. The Hall–Kier alpha value is -5.24. The lowest BCUT2D eigenvalue weighted by atomic mass is 9.89. The smallest absolute Gasteiger partial charge is 0.394 e. The van der Waals surface area contributed by atoms with Crippen LogP contribution in [0, 0.1) is 11.8 Å². The summed E-state index contributed by atoms with van der Waals surface area (Å²) in [5.74, 6) is -1.22. The second kappa shape index (κ2) is 18.1. The van der Waals surface area contributed by atoms with E-state index in [9.17, 15) is 19.2 Å². The fourth-order valence-electron chi connectivity index (χ4n) is 6.20. The summed E-state index contributed by atoms with van der Waals surface area (Å²) in [6.07, 6.45) is 8.32.